The lowest BCUT2D eigenvalue weighted by molar-refractivity contribution is -0.117. The zero-order valence-electron chi connectivity index (χ0n) is 15.0. The third kappa shape index (κ3) is 3.89. The Balaban J connectivity index is 1.64. The van der Waals surface area contributed by atoms with Crippen LogP contribution in [-0.2, 0) is 4.79 Å². The Kier molecular flexibility index (Phi) is 5.60. The molecule has 3 N–H and O–H groups in total. The lowest BCUT2D eigenvalue weighted by Crippen LogP contribution is -2.39. The van der Waals surface area contributed by atoms with E-state index in [1.54, 1.807) is 39.5 Å². The van der Waals surface area contributed by atoms with Crippen LogP contribution in [0.2, 0.25) is 0 Å². The number of carbonyl (C=O) groups excluding carboxylic acids is 1. The summed E-state index contributed by atoms with van der Waals surface area (Å²) in [6, 6.07) is 12.8. The Morgan fingerprint density at radius 2 is 1.81 bits per heavy atom. The summed E-state index contributed by atoms with van der Waals surface area (Å²) < 4.78 is 15.7. The molecule has 138 valence electrons. The molecule has 1 amide bonds. The molecule has 2 aromatic carbocycles. The maximum Gasteiger partial charge on any atom is 0.242 e. The van der Waals surface area contributed by atoms with Gasteiger partial charge in [0.15, 0.2) is 11.5 Å². The second-order valence-electron chi connectivity index (χ2n) is 5.97. The summed E-state index contributed by atoms with van der Waals surface area (Å²) in [5.74, 6) is 1.86. The van der Waals surface area contributed by atoms with Gasteiger partial charge in [0.05, 0.1) is 21.3 Å². The minimum Gasteiger partial charge on any atom is -0.497 e. The standard InChI is InChI=1S/C19H23N3O4/c1-24-14-6-4-5-12(9-14)15-11-16(22-21-15)19(23)20-13-7-8-17(25-2)18(10-13)26-3/h4-10,15-16,21-22H,11H2,1-3H3,(H,20,23). The van der Waals surface area contributed by atoms with Crippen molar-refractivity contribution in [2.75, 3.05) is 26.6 Å². The van der Waals surface area contributed by atoms with Gasteiger partial charge in [0, 0.05) is 17.8 Å². The van der Waals surface area contributed by atoms with E-state index in [0.717, 1.165) is 11.3 Å². The number of anilines is 1. The summed E-state index contributed by atoms with van der Waals surface area (Å²) in [5, 5.41) is 2.90. The van der Waals surface area contributed by atoms with Gasteiger partial charge in [-0.1, -0.05) is 12.1 Å². The van der Waals surface area contributed by atoms with Crippen LogP contribution in [0.15, 0.2) is 42.5 Å². The van der Waals surface area contributed by atoms with Gasteiger partial charge in [-0.05, 0) is 36.2 Å². The maximum atomic E-state index is 12.6. The lowest BCUT2D eigenvalue weighted by Gasteiger charge is -2.13. The van der Waals surface area contributed by atoms with Gasteiger partial charge in [-0.2, -0.15) is 0 Å². The lowest BCUT2D eigenvalue weighted by atomic mass is 10.0. The van der Waals surface area contributed by atoms with E-state index in [9.17, 15) is 4.79 Å². The average Bonchev–Trinajstić information content (AvgIpc) is 3.18. The van der Waals surface area contributed by atoms with Crippen LogP contribution in [0.1, 0.15) is 18.0 Å². The molecule has 1 heterocycles. The van der Waals surface area contributed by atoms with Crippen molar-refractivity contribution in [1.82, 2.24) is 10.9 Å². The highest BCUT2D eigenvalue weighted by Crippen LogP contribution is 2.30. The van der Waals surface area contributed by atoms with Gasteiger partial charge in [0.1, 0.15) is 11.8 Å². The van der Waals surface area contributed by atoms with E-state index in [0.29, 0.717) is 23.6 Å². The first kappa shape index (κ1) is 18.0. The van der Waals surface area contributed by atoms with E-state index in [1.165, 1.54) is 0 Å². The number of amides is 1. The monoisotopic (exact) mass is 357 g/mol. The van der Waals surface area contributed by atoms with E-state index in [1.807, 2.05) is 24.3 Å². The Bertz CT molecular complexity index is 781. The summed E-state index contributed by atoms with van der Waals surface area (Å²) in [5.41, 5.74) is 7.95. The maximum absolute atomic E-state index is 12.6. The molecule has 0 radical (unpaired) electrons. The fourth-order valence-corrected chi connectivity index (χ4v) is 2.95. The smallest absolute Gasteiger partial charge is 0.242 e. The number of nitrogens with one attached hydrogen (secondary N) is 3. The minimum absolute atomic E-state index is 0.0336. The fraction of sp³-hybridized carbons (Fsp3) is 0.316. The third-order valence-electron chi connectivity index (χ3n) is 4.37. The summed E-state index contributed by atoms with van der Waals surface area (Å²) in [6.07, 6.45) is 0.631. The van der Waals surface area contributed by atoms with Gasteiger partial charge in [-0.15, -0.1) is 0 Å². The zero-order valence-corrected chi connectivity index (χ0v) is 15.0. The number of benzene rings is 2. The van der Waals surface area contributed by atoms with Crippen LogP contribution in [0.25, 0.3) is 0 Å². The van der Waals surface area contributed by atoms with Crippen molar-refractivity contribution >= 4 is 11.6 Å². The molecule has 0 bridgehead atoms. The van der Waals surface area contributed by atoms with E-state index in [4.69, 9.17) is 14.2 Å². The van der Waals surface area contributed by atoms with E-state index in [-0.39, 0.29) is 18.0 Å². The van der Waals surface area contributed by atoms with Crippen LogP contribution in [0, 0.1) is 0 Å². The molecule has 2 aromatic rings. The molecule has 0 spiro atoms. The Morgan fingerprint density at radius 1 is 1.00 bits per heavy atom. The van der Waals surface area contributed by atoms with Crippen LogP contribution in [0.3, 0.4) is 0 Å². The number of hydrazine groups is 1. The Labute approximate surface area is 152 Å². The molecular weight excluding hydrogens is 334 g/mol. The molecule has 2 atom stereocenters. The van der Waals surface area contributed by atoms with Crippen molar-refractivity contribution in [3.63, 3.8) is 0 Å². The number of carbonyl (C=O) groups is 1. The highest BCUT2D eigenvalue weighted by Gasteiger charge is 2.30. The molecule has 7 heteroatoms. The molecule has 7 nitrogen and oxygen atoms in total. The number of hydrogen-bond donors (Lipinski definition) is 3. The molecule has 3 rings (SSSR count). The van der Waals surface area contributed by atoms with Crippen molar-refractivity contribution < 1.29 is 19.0 Å². The van der Waals surface area contributed by atoms with Gasteiger partial charge in [0.25, 0.3) is 0 Å². The van der Waals surface area contributed by atoms with Crippen molar-refractivity contribution in [2.24, 2.45) is 0 Å². The van der Waals surface area contributed by atoms with Crippen LogP contribution >= 0.6 is 0 Å². The molecule has 0 saturated carbocycles. The summed E-state index contributed by atoms with van der Waals surface area (Å²) in [7, 11) is 4.77. The average molecular weight is 357 g/mol. The Hall–Kier alpha value is -2.77. The molecule has 1 aliphatic rings. The quantitative estimate of drug-likeness (QED) is 0.736. The van der Waals surface area contributed by atoms with Crippen molar-refractivity contribution in [1.29, 1.82) is 0 Å². The predicted molar refractivity (Wildman–Crippen MR) is 98.6 cm³/mol. The second-order valence-corrected chi connectivity index (χ2v) is 5.97. The van der Waals surface area contributed by atoms with E-state index < -0.39 is 0 Å². The largest absolute Gasteiger partial charge is 0.497 e. The van der Waals surface area contributed by atoms with Gasteiger partial charge in [-0.25, -0.2) is 10.9 Å². The van der Waals surface area contributed by atoms with Gasteiger partial charge >= 0.3 is 0 Å². The fourth-order valence-electron chi connectivity index (χ4n) is 2.95. The van der Waals surface area contributed by atoms with Crippen molar-refractivity contribution in [3.05, 3.63) is 48.0 Å². The van der Waals surface area contributed by atoms with Gasteiger partial charge < -0.3 is 19.5 Å². The van der Waals surface area contributed by atoms with Crippen LogP contribution in [0.4, 0.5) is 5.69 Å². The molecular formula is C19H23N3O4. The first-order valence-electron chi connectivity index (χ1n) is 8.32. The first-order chi connectivity index (χ1) is 12.6. The minimum atomic E-state index is -0.348. The SMILES string of the molecule is COc1cccc(C2CC(C(=O)Nc3ccc(OC)c(OC)c3)NN2)c1. The highest BCUT2D eigenvalue weighted by molar-refractivity contribution is 5.95. The van der Waals surface area contributed by atoms with Crippen molar-refractivity contribution in [3.8, 4) is 17.2 Å². The molecule has 1 aliphatic heterocycles. The van der Waals surface area contributed by atoms with E-state index in [2.05, 4.69) is 16.2 Å². The Morgan fingerprint density at radius 3 is 2.54 bits per heavy atom. The molecule has 26 heavy (non-hydrogen) atoms. The molecule has 0 aliphatic carbocycles. The van der Waals surface area contributed by atoms with Gasteiger partial charge in [-0.3, -0.25) is 4.79 Å². The first-order valence-corrected chi connectivity index (χ1v) is 8.32. The number of hydrogen-bond acceptors (Lipinski definition) is 6. The molecule has 1 saturated heterocycles. The van der Waals surface area contributed by atoms with Crippen LogP contribution < -0.4 is 30.4 Å². The number of ether oxygens (including phenoxy) is 3. The summed E-state index contributed by atoms with van der Waals surface area (Å²) in [4.78, 5) is 12.6. The van der Waals surface area contributed by atoms with Crippen molar-refractivity contribution in [2.45, 2.75) is 18.5 Å². The number of methoxy groups -OCH3 is 3. The van der Waals surface area contributed by atoms with Crippen LogP contribution in [0.5, 0.6) is 17.2 Å². The third-order valence-corrected chi connectivity index (χ3v) is 4.37. The van der Waals surface area contributed by atoms with Crippen LogP contribution in [-0.4, -0.2) is 33.3 Å². The summed E-state index contributed by atoms with van der Waals surface area (Å²) in [6.45, 7) is 0. The second kappa shape index (κ2) is 8.07. The molecule has 0 aromatic heterocycles. The molecule has 1 fully saturated rings. The van der Waals surface area contributed by atoms with Gasteiger partial charge in [0.2, 0.25) is 5.91 Å². The number of rotatable bonds is 6. The predicted octanol–water partition coefficient (Wildman–Crippen LogP) is 2.26. The highest BCUT2D eigenvalue weighted by atomic mass is 16.5. The zero-order chi connectivity index (χ0) is 18.5. The topological polar surface area (TPSA) is 80.9 Å². The van der Waals surface area contributed by atoms with E-state index >= 15 is 0 Å². The summed E-state index contributed by atoms with van der Waals surface area (Å²) >= 11 is 0. The normalized spacial score (nSPS) is 19.0. The molecule has 2 unspecified atom stereocenters.